The quantitative estimate of drug-likeness (QED) is 0.562. The van der Waals surface area contributed by atoms with Crippen molar-refractivity contribution in [2.75, 3.05) is 24.8 Å². The first-order chi connectivity index (χ1) is 15.8. The standard InChI is InChI=1S/C22H24N6O4S/c1-11-7-12(2)25-22(24-11)28-21-19(13(3)27-28)20(33-10-18(30)26-21)14-5-6-15(16(8-14)31-4)32-9-17(23)29/h5-8,20H,9-10H2,1-4H3,(H2,23,29)(H,26,30). The minimum atomic E-state index is -0.577. The summed E-state index contributed by atoms with van der Waals surface area (Å²) in [6.07, 6.45) is 0. The van der Waals surface area contributed by atoms with Crippen LogP contribution in [-0.2, 0) is 9.59 Å². The zero-order valence-corrected chi connectivity index (χ0v) is 19.5. The van der Waals surface area contributed by atoms with E-state index in [0.717, 1.165) is 28.2 Å². The lowest BCUT2D eigenvalue weighted by Gasteiger charge is -2.18. The molecule has 1 atom stereocenters. The van der Waals surface area contributed by atoms with Crippen molar-refractivity contribution in [2.24, 2.45) is 5.73 Å². The van der Waals surface area contributed by atoms with Gasteiger partial charge in [0.15, 0.2) is 18.1 Å². The van der Waals surface area contributed by atoms with Gasteiger partial charge in [-0.25, -0.2) is 9.97 Å². The van der Waals surface area contributed by atoms with E-state index in [1.807, 2.05) is 39.0 Å². The largest absolute Gasteiger partial charge is 0.493 e. The maximum atomic E-state index is 12.6. The summed E-state index contributed by atoms with van der Waals surface area (Å²) in [6.45, 7) is 5.42. The van der Waals surface area contributed by atoms with Crippen LogP contribution < -0.4 is 20.5 Å². The number of rotatable bonds is 6. The molecule has 33 heavy (non-hydrogen) atoms. The van der Waals surface area contributed by atoms with E-state index in [9.17, 15) is 9.59 Å². The number of carbonyl (C=O) groups excluding carboxylic acids is 2. The van der Waals surface area contributed by atoms with Crippen LogP contribution >= 0.6 is 11.8 Å². The molecule has 3 N–H and O–H groups in total. The number of benzene rings is 1. The van der Waals surface area contributed by atoms with Crippen LogP contribution in [0.1, 0.15) is 33.5 Å². The lowest BCUT2D eigenvalue weighted by Crippen LogP contribution is -2.20. The van der Waals surface area contributed by atoms with Crippen molar-refractivity contribution in [1.29, 1.82) is 0 Å². The molecule has 11 heteroatoms. The van der Waals surface area contributed by atoms with Crippen molar-refractivity contribution >= 4 is 29.4 Å². The van der Waals surface area contributed by atoms with Crippen molar-refractivity contribution in [1.82, 2.24) is 19.7 Å². The number of nitrogens with two attached hydrogens (primary N) is 1. The minimum absolute atomic E-state index is 0.136. The average Bonchev–Trinajstić information content (AvgIpc) is 2.96. The average molecular weight is 469 g/mol. The number of thioether (sulfide) groups is 1. The first kappa shape index (κ1) is 22.6. The van der Waals surface area contributed by atoms with Crippen LogP contribution in [0.5, 0.6) is 11.5 Å². The fourth-order valence-corrected chi connectivity index (χ4v) is 4.89. The van der Waals surface area contributed by atoms with E-state index in [2.05, 4.69) is 20.4 Å². The number of anilines is 1. The maximum absolute atomic E-state index is 12.6. The normalized spacial score (nSPS) is 15.4. The Morgan fingerprint density at radius 1 is 1.21 bits per heavy atom. The number of aryl methyl sites for hydroxylation is 3. The molecule has 0 fully saturated rings. The summed E-state index contributed by atoms with van der Waals surface area (Å²) in [5.74, 6) is 1.36. The Balaban J connectivity index is 1.80. The molecule has 0 spiro atoms. The Hall–Kier alpha value is -3.60. The number of ether oxygens (including phenoxy) is 2. The zero-order chi connectivity index (χ0) is 23.7. The van der Waals surface area contributed by atoms with Gasteiger partial charge in [-0.1, -0.05) is 6.07 Å². The molecule has 0 saturated heterocycles. The van der Waals surface area contributed by atoms with E-state index in [-0.39, 0.29) is 23.5 Å². The molecular formula is C22H24N6O4S. The van der Waals surface area contributed by atoms with Gasteiger partial charge < -0.3 is 20.5 Å². The third kappa shape index (κ3) is 4.63. The van der Waals surface area contributed by atoms with E-state index in [0.29, 0.717) is 23.3 Å². The molecule has 1 unspecified atom stereocenters. The molecule has 172 valence electrons. The van der Waals surface area contributed by atoms with Crippen molar-refractivity contribution in [2.45, 2.75) is 26.0 Å². The first-order valence-electron chi connectivity index (χ1n) is 10.2. The second-order valence-electron chi connectivity index (χ2n) is 7.61. The summed E-state index contributed by atoms with van der Waals surface area (Å²) in [5.41, 5.74) is 9.30. The van der Waals surface area contributed by atoms with Gasteiger partial charge in [-0.15, -0.1) is 11.8 Å². The van der Waals surface area contributed by atoms with E-state index < -0.39 is 5.91 Å². The highest BCUT2D eigenvalue weighted by Gasteiger charge is 2.31. The summed E-state index contributed by atoms with van der Waals surface area (Å²) < 4.78 is 12.5. The molecule has 1 aliphatic rings. The number of aromatic nitrogens is 4. The fourth-order valence-electron chi connectivity index (χ4n) is 3.71. The number of carbonyl (C=O) groups is 2. The van der Waals surface area contributed by atoms with Crippen molar-refractivity contribution in [3.05, 3.63) is 52.5 Å². The first-order valence-corrected chi connectivity index (χ1v) is 11.2. The molecule has 0 saturated carbocycles. The summed E-state index contributed by atoms with van der Waals surface area (Å²) in [6, 6.07) is 7.31. The van der Waals surface area contributed by atoms with Crippen LogP contribution in [0.2, 0.25) is 0 Å². The van der Waals surface area contributed by atoms with Crippen molar-refractivity contribution in [3.8, 4) is 17.4 Å². The van der Waals surface area contributed by atoms with Gasteiger partial charge in [0.25, 0.3) is 11.9 Å². The van der Waals surface area contributed by atoms with Crippen molar-refractivity contribution < 1.29 is 19.1 Å². The van der Waals surface area contributed by atoms with Gasteiger partial charge in [0.1, 0.15) is 5.82 Å². The molecule has 4 rings (SSSR count). The fraction of sp³-hybridized carbons (Fsp3) is 0.318. The van der Waals surface area contributed by atoms with E-state index >= 15 is 0 Å². The maximum Gasteiger partial charge on any atom is 0.255 e. The van der Waals surface area contributed by atoms with Gasteiger partial charge in [0.2, 0.25) is 5.91 Å². The Labute approximate surface area is 194 Å². The lowest BCUT2D eigenvalue weighted by atomic mass is 10.0. The third-order valence-electron chi connectivity index (χ3n) is 5.03. The molecule has 2 amide bonds. The SMILES string of the molecule is COc1cc(C2SCC(=O)Nc3c2c(C)nn3-c2nc(C)cc(C)n2)ccc1OCC(N)=O. The molecule has 1 aliphatic heterocycles. The smallest absolute Gasteiger partial charge is 0.255 e. The highest BCUT2D eigenvalue weighted by Crippen LogP contribution is 2.45. The second-order valence-corrected chi connectivity index (χ2v) is 8.71. The van der Waals surface area contributed by atoms with Gasteiger partial charge in [-0.3, -0.25) is 9.59 Å². The van der Waals surface area contributed by atoms with Gasteiger partial charge in [0, 0.05) is 17.0 Å². The monoisotopic (exact) mass is 468 g/mol. The van der Waals surface area contributed by atoms with Crippen LogP contribution in [0.4, 0.5) is 5.82 Å². The van der Waals surface area contributed by atoms with Crippen LogP contribution in [0.15, 0.2) is 24.3 Å². The second kappa shape index (κ2) is 9.10. The topological polar surface area (TPSA) is 134 Å². The molecule has 3 aromatic rings. The lowest BCUT2D eigenvalue weighted by molar-refractivity contribution is -0.120. The van der Waals surface area contributed by atoms with Crippen LogP contribution in [-0.4, -0.2) is 51.0 Å². The molecule has 0 aliphatic carbocycles. The van der Waals surface area contributed by atoms with E-state index in [1.54, 1.807) is 10.7 Å². The minimum Gasteiger partial charge on any atom is -0.493 e. The van der Waals surface area contributed by atoms with Gasteiger partial charge in [-0.05, 0) is 44.5 Å². The summed E-state index contributed by atoms with van der Waals surface area (Å²) in [7, 11) is 1.52. The number of nitrogens with zero attached hydrogens (tertiary/aromatic N) is 4. The predicted octanol–water partition coefficient (Wildman–Crippen LogP) is 2.23. The summed E-state index contributed by atoms with van der Waals surface area (Å²) in [5, 5.41) is 7.43. The summed E-state index contributed by atoms with van der Waals surface area (Å²) in [4.78, 5) is 32.7. The molecule has 0 radical (unpaired) electrons. The predicted molar refractivity (Wildman–Crippen MR) is 124 cm³/mol. The number of primary amides is 1. The number of nitrogens with one attached hydrogen (secondary N) is 1. The number of hydrogen-bond acceptors (Lipinski definition) is 8. The number of fused-ring (bicyclic) bond motifs is 1. The van der Waals surface area contributed by atoms with Gasteiger partial charge in [0.05, 0.1) is 23.8 Å². The molecule has 0 bridgehead atoms. The molecular weight excluding hydrogens is 444 g/mol. The number of hydrogen-bond donors (Lipinski definition) is 2. The third-order valence-corrected chi connectivity index (χ3v) is 6.30. The molecule has 10 nitrogen and oxygen atoms in total. The number of methoxy groups -OCH3 is 1. The molecule has 3 heterocycles. The highest BCUT2D eigenvalue weighted by atomic mass is 32.2. The Morgan fingerprint density at radius 2 is 1.94 bits per heavy atom. The van der Waals surface area contributed by atoms with Crippen LogP contribution in [0, 0.1) is 20.8 Å². The van der Waals surface area contributed by atoms with E-state index in [1.165, 1.54) is 18.9 Å². The summed E-state index contributed by atoms with van der Waals surface area (Å²) >= 11 is 1.48. The zero-order valence-electron chi connectivity index (χ0n) is 18.7. The number of amides is 2. The van der Waals surface area contributed by atoms with Gasteiger partial charge >= 0.3 is 0 Å². The van der Waals surface area contributed by atoms with Crippen LogP contribution in [0.25, 0.3) is 5.95 Å². The van der Waals surface area contributed by atoms with E-state index in [4.69, 9.17) is 15.2 Å². The van der Waals surface area contributed by atoms with Crippen molar-refractivity contribution in [3.63, 3.8) is 0 Å². The molecule has 2 aromatic heterocycles. The molecule has 1 aromatic carbocycles. The van der Waals surface area contributed by atoms with Gasteiger partial charge in [-0.2, -0.15) is 9.78 Å². The Morgan fingerprint density at radius 3 is 2.61 bits per heavy atom. The van der Waals surface area contributed by atoms with Crippen LogP contribution in [0.3, 0.4) is 0 Å². The Bertz CT molecular complexity index is 1220. The highest BCUT2D eigenvalue weighted by molar-refractivity contribution is 8.00. The Kier molecular flexibility index (Phi) is 6.23.